The summed E-state index contributed by atoms with van der Waals surface area (Å²) in [6.45, 7) is 1.86. The number of benzene rings is 1. The first kappa shape index (κ1) is 12.9. The number of hydrazine groups is 1. The highest BCUT2D eigenvalue weighted by Crippen LogP contribution is 2.24. The Morgan fingerprint density at radius 2 is 2.05 bits per heavy atom. The smallest absolute Gasteiger partial charge is 0.270 e. The molecule has 0 unspecified atom stereocenters. The van der Waals surface area contributed by atoms with Crippen molar-refractivity contribution in [2.75, 3.05) is 12.1 Å². The molecule has 0 aliphatic heterocycles. The summed E-state index contributed by atoms with van der Waals surface area (Å²) in [5, 5.41) is 20.2. The van der Waals surface area contributed by atoms with Crippen molar-refractivity contribution in [3.8, 4) is 11.3 Å². The van der Waals surface area contributed by atoms with Gasteiger partial charge in [0, 0.05) is 24.7 Å². The van der Waals surface area contributed by atoms with E-state index in [1.807, 2.05) is 6.92 Å². The second-order valence-corrected chi connectivity index (χ2v) is 4.15. The summed E-state index contributed by atoms with van der Waals surface area (Å²) in [5.41, 5.74) is 2.10. The van der Waals surface area contributed by atoms with Gasteiger partial charge < -0.3 is 0 Å². The second-order valence-electron chi connectivity index (χ2n) is 4.15. The number of non-ortho nitro benzene ring substituents is 1. The van der Waals surface area contributed by atoms with Crippen LogP contribution in [0.2, 0.25) is 0 Å². The van der Waals surface area contributed by atoms with E-state index in [9.17, 15) is 10.1 Å². The summed E-state index contributed by atoms with van der Waals surface area (Å²) >= 11 is 0. The Morgan fingerprint density at radius 3 is 2.63 bits per heavy atom. The van der Waals surface area contributed by atoms with Gasteiger partial charge in [-0.1, -0.05) is 12.1 Å². The fourth-order valence-corrected chi connectivity index (χ4v) is 1.75. The van der Waals surface area contributed by atoms with Gasteiger partial charge in [-0.3, -0.25) is 15.1 Å². The van der Waals surface area contributed by atoms with Crippen LogP contribution in [0.3, 0.4) is 0 Å². The first-order valence-corrected chi connectivity index (χ1v) is 5.56. The Hall–Kier alpha value is -2.54. The molecule has 1 aromatic heterocycles. The third-order valence-corrected chi connectivity index (χ3v) is 2.65. The van der Waals surface area contributed by atoms with Gasteiger partial charge in [0.15, 0.2) is 5.82 Å². The summed E-state index contributed by atoms with van der Waals surface area (Å²) in [5.74, 6) is 6.17. The van der Waals surface area contributed by atoms with E-state index in [1.54, 1.807) is 25.2 Å². The van der Waals surface area contributed by atoms with Crippen molar-refractivity contribution in [1.82, 2.24) is 10.2 Å². The minimum absolute atomic E-state index is 0.0250. The fourth-order valence-electron chi connectivity index (χ4n) is 1.75. The SMILES string of the molecule is Cc1cc(-c2cccc([N+](=O)[O-])c2)nnc1N(C)N. The fraction of sp³-hybridized carbons (Fsp3) is 0.167. The Bertz CT molecular complexity index is 627. The maximum atomic E-state index is 10.7. The topological polar surface area (TPSA) is 98.2 Å². The zero-order chi connectivity index (χ0) is 14.0. The lowest BCUT2D eigenvalue weighted by atomic mass is 10.1. The van der Waals surface area contributed by atoms with Gasteiger partial charge in [-0.2, -0.15) is 0 Å². The van der Waals surface area contributed by atoms with Gasteiger partial charge in [-0.05, 0) is 18.6 Å². The minimum Gasteiger partial charge on any atom is -0.296 e. The molecule has 0 radical (unpaired) electrons. The molecule has 7 nitrogen and oxygen atoms in total. The molecule has 0 atom stereocenters. The molecule has 0 bridgehead atoms. The van der Waals surface area contributed by atoms with E-state index < -0.39 is 4.92 Å². The van der Waals surface area contributed by atoms with E-state index in [0.29, 0.717) is 17.1 Å². The van der Waals surface area contributed by atoms with Gasteiger partial charge in [0.1, 0.15) is 0 Å². The van der Waals surface area contributed by atoms with Gasteiger partial charge in [-0.15, -0.1) is 10.2 Å². The maximum absolute atomic E-state index is 10.7. The van der Waals surface area contributed by atoms with Crippen LogP contribution in [-0.2, 0) is 0 Å². The van der Waals surface area contributed by atoms with Crippen LogP contribution >= 0.6 is 0 Å². The van der Waals surface area contributed by atoms with Crippen molar-refractivity contribution >= 4 is 11.5 Å². The van der Waals surface area contributed by atoms with Crippen LogP contribution in [0.5, 0.6) is 0 Å². The van der Waals surface area contributed by atoms with E-state index in [-0.39, 0.29) is 5.69 Å². The van der Waals surface area contributed by atoms with Crippen LogP contribution in [0.15, 0.2) is 30.3 Å². The molecule has 98 valence electrons. The second kappa shape index (κ2) is 4.99. The molecule has 0 fully saturated rings. The highest BCUT2D eigenvalue weighted by Gasteiger charge is 2.10. The molecule has 2 rings (SSSR count). The molecule has 19 heavy (non-hydrogen) atoms. The van der Waals surface area contributed by atoms with Crippen molar-refractivity contribution in [3.63, 3.8) is 0 Å². The molecule has 0 aliphatic rings. The largest absolute Gasteiger partial charge is 0.296 e. The first-order chi connectivity index (χ1) is 8.99. The average Bonchev–Trinajstić information content (AvgIpc) is 2.38. The molecular weight excluding hydrogens is 246 g/mol. The number of nitro benzene ring substituents is 1. The summed E-state index contributed by atoms with van der Waals surface area (Å²) in [4.78, 5) is 10.3. The van der Waals surface area contributed by atoms with Crippen molar-refractivity contribution in [3.05, 3.63) is 46.0 Å². The number of aromatic nitrogens is 2. The molecular formula is C12H13N5O2. The third-order valence-electron chi connectivity index (χ3n) is 2.65. The standard InChI is InChI=1S/C12H13N5O2/c1-8-6-11(14-15-12(8)16(2)13)9-4-3-5-10(7-9)17(18)19/h3-7H,13H2,1-2H3. The van der Waals surface area contributed by atoms with Gasteiger partial charge >= 0.3 is 0 Å². The number of anilines is 1. The molecule has 2 N–H and O–H groups in total. The van der Waals surface area contributed by atoms with Crippen LogP contribution in [0.25, 0.3) is 11.3 Å². The number of hydrogen-bond acceptors (Lipinski definition) is 6. The minimum atomic E-state index is -0.439. The Labute approximate surface area is 109 Å². The van der Waals surface area contributed by atoms with Crippen molar-refractivity contribution in [2.24, 2.45) is 5.84 Å². The Morgan fingerprint density at radius 1 is 1.32 bits per heavy atom. The summed E-state index contributed by atoms with van der Waals surface area (Å²) in [6, 6.07) is 8.07. The number of nitro groups is 1. The van der Waals surface area contributed by atoms with Crippen LogP contribution in [0.4, 0.5) is 11.5 Å². The van der Waals surface area contributed by atoms with Crippen LogP contribution in [-0.4, -0.2) is 22.2 Å². The normalized spacial score (nSPS) is 10.3. The Kier molecular flexibility index (Phi) is 3.39. The number of nitrogens with two attached hydrogens (primary N) is 1. The molecule has 1 aromatic carbocycles. The van der Waals surface area contributed by atoms with Gasteiger partial charge in [0.25, 0.3) is 5.69 Å². The van der Waals surface area contributed by atoms with Gasteiger partial charge in [0.05, 0.1) is 10.6 Å². The van der Waals surface area contributed by atoms with Gasteiger partial charge in [0.2, 0.25) is 0 Å². The van der Waals surface area contributed by atoms with Crippen molar-refractivity contribution in [1.29, 1.82) is 0 Å². The predicted molar refractivity (Wildman–Crippen MR) is 71.4 cm³/mol. The van der Waals surface area contributed by atoms with Crippen LogP contribution < -0.4 is 10.9 Å². The first-order valence-electron chi connectivity index (χ1n) is 5.56. The monoisotopic (exact) mass is 259 g/mol. The molecule has 7 heteroatoms. The number of hydrogen-bond donors (Lipinski definition) is 1. The quantitative estimate of drug-likeness (QED) is 0.511. The zero-order valence-electron chi connectivity index (χ0n) is 10.6. The highest BCUT2D eigenvalue weighted by atomic mass is 16.6. The molecule has 0 aliphatic carbocycles. The number of rotatable bonds is 3. The molecule has 0 saturated heterocycles. The molecule has 0 amide bonds. The number of aryl methyl sites for hydroxylation is 1. The molecule has 0 spiro atoms. The van der Waals surface area contributed by atoms with E-state index in [2.05, 4.69) is 10.2 Å². The maximum Gasteiger partial charge on any atom is 0.270 e. The Balaban J connectivity index is 2.45. The van der Waals surface area contributed by atoms with E-state index in [0.717, 1.165) is 5.56 Å². The van der Waals surface area contributed by atoms with E-state index >= 15 is 0 Å². The summed E-state index contributed by atoms with van der Waals surface area (Å²) < 4.78 is 0. The average molecular weight is 259 g/mol. The lowest BCUT2D eigenvalue weighted by Gasteiger charge is -2.13. The molecule has 2 aromatic rings. The summed E-state index contributed by atoms with van der Waals surface area (Å²) in [7, 11) is 1.67. The van der Waals surface area contributed by atoms with Crippen LogP contribution in [0, 0.1) is 17.0 Å². The zero-order valence-corrected chi connectivity index (χ0v) is 10.6. The van der Waals surface area contributed by atoms with Crippen LogP contribution in [0.1, 0.15) is 5.56 Å². The van der Waals surface area contributed by atoms with Crippen molar-refractivity contribution < 1.29 is 4.92 Å². The van der Waals surface area contributed by atoms with E-state index in [4.69, 9.17) is 5.84 Å². The lowest BCUT2D eigenvalue weighted by Crippen LogP contribution is -2.27. The van der Waals surface area contributed by atoms with E-state index in [1.165, 1.54) is 17.1 Å². The highest BCUT2D eigenvalue weighted by molar-refractivity contribution is 5.64. The molecule has 0 saturated carbocycles. The predicted octanol–water partition coefficient (Wildman–Crippen LogP) is 1.67. The third kappa shape index (κ3) is 2.66. The summed E-state index contributed by atoms with van der Waals surface area (Å²) in [6.07, 6.45) is 0. The number of nitrogens with zero attached hydrogens (tertiary/aromatic N) is 4. The van der Waals surface area contributed by atoms with Gasteiger partial charge in [-0.25, -0.2) is 5.84 Å². The lowest BCUT2D eigenvalue weighted by molar-refractivity contribution is -0.384. The van der Waals surface area contributed by atoms with Crippen molar-refractivity contribution in [2.45, 2.75) is 6.92 Å². The molecule has 1 heterocycles.